The van der Waals surface area contributed by atoms with Crippen molar-refractivity contribution < 1.29 is 9.18 Å². The van der Waals surface area contributed by atoms with Gasteiger partial charge in [-0.15, -0.1) is 0 Å². The van der Waals surface area contributed by atoms with Gasteiger partial charge < -0.3 is 0 Å². The quantitative estimate of drug-likeness (QED) is 0.587. The zero-order valence-corrected chi connectivity index (χ0v) is 13.7. The SMILES string of the molecule is O=C(Nc1nc(-c2ccccc2)c2cc(F)ccc2n1)c1ccccc1. The number of halogens is 1. The highest BCUT2D eigenvalue weighted by molar-refractivity contribution is 6.04. The van der Waals surface area contributed by atoms with E-state index in [1.807, 2.05) is 36.4 Å². The van der Waals surface area contributed by atoms with Crippen LogP contribution in [0.4, 0.5) is 10.3 Å². The highest BCUT2D eigenvalue weighted by Gasteiger charge is 2.13. The number of fused-ring (bicyclic) bond motifs is 1. The van der Waals surface area contributed by atoms with E-state index < -0.39 is 0 Å². The highest BCUT2D eigenvalue weighted by atomic mass is 19.1. The summed E-state index contributed by atoms with van der Waals surface area (Å²) in [6, 6.07) is 22.6. The minimum absolute atomic E-state index is 0.178. The summed E-state index contributed by atoms with van der Waals surface area (Å²) < 4.78 is 13.7. The molecule has 1 amide bonds. The first kappa shape index (κ1) is 15.9. The summed E-state index contributed by atoms with van der Waals surface area (Å²) in [5.74, 6) is -0.484. The Morgan fingerprint density at radius 1 is 0.846 bits per heavy atom. The molecule has 3 aromatic carbocycles. The van der Waals surface area contributed by atoms with Crippen LogP contribution < -0.4 is 5.32 Å². The minimum atomic E-state index is -0.362. The van der Waals surface area contributed by atoms with Crippen LogP contribution >= 0.6 is 0 Å². The number of benzene rings is 3. The molecule has 0 spiro atoms. The molecule has 4 rings (SSSR count). The van der Waals surface area contributed by atoms with Crippen LogP contribution in [0.5, 0.6) is 0 Å². The molecule has 0 saturated carbocycles. The number of nitrogens with zero attached hydrogens (tertiary/aromatic N) is 2. The van der Waals surface area contributed by atoms with Crippen molar-refractivity contribution in [3.63, 3.8) is 0 Å². The van der Waals surface area contributed by atoms with Crippen LogP contribution in [0.2, 0.25) is 0 Å². The summed E-state index contributed by atoms with van der Waals surface area (Å²) >= 11 is 0. The van der Waals surface area contributed by atoms with Gasteiger partial charge in [0.1, 0.15) is 5.82 Å². The second-order valence-corrected chi connectivity index (χ2v) is 5.74. The van der Waals surface area contributed by atoms with Gasteiger partial charge in [0.15, 0.2) is 0 Å². The van der Waals surface area contributed by atoms with Crippen LogP contribution in [-0.4, -0.2) is 15.9 Å². The Morgan fingerprint density at radius 3 is 2.27 bits per heavy atom. The summed E-state index contributed by atoms with van der Waals surface area (Å²) in [7, 11) is 0. The molecule has 1 heterocycles. The maximum absolute atomic E-state index is 13.7. The van der Waals surface area contributed by atoms with Gasteiger partial charge >= 0.3 is 0 Å². The number of carbonyl (C=O) groups excluding carboxylic acids is 1. The average Bonchev–Trinajstić information content (AvgIpc) is 2.69. The van der Waals surface area contributed by atoms with E-state index in [1.165, 1.54) is 12.1 Å². The van der Waals surface area contributed by atoms with E-state index in [2.05, 4.69) is 15.3 Å². The summed E-state index contributed by atoms with van der Waals surface area (Å²) in [6.07, 6.45) is 0. The predicted molar refractivity (Wildman–Crippen MR) is 99.3 cm³/mol. The normalized spacial score (nSPS) is 10.7. The molecule has 0 aliphatic heterocycles. The third-order valence-corrected chi connectivity index (χ3v) is 3.97. The fourth-order valence-corrected chi connectivity index (χ4v) is 2.74. The smallest absolute Gasteiger partial charge is 0.258 e. The van der Waals surface area contributed by atoms with E-state index in [9.17, 15) is 9.18 Å². The van der Waals surface area contributed by atoms with E-state index in [1.54, 1.807) is 30.3 Å². The zero-order valence-electron chi connectivity index (χ0n) is 13.7. The molecule has 1 aromatic heterocycles. The number of aromatic nitrogens is 2. The number of hydrogen-bond acceptors (Lipinski definition) is 3. The molecule has 0 unspecified atom stereocenters. The third kappa shape index (κ3) is 3.15. The van der Waals surface area contributed by atoms with Crippen molar-refractivity contribution in [2.24, 2.45) is 0 Å². The number of rotatable bonds is 3. The Bertz CT molecular complexity index is 1080. The zero-order chi connectivity index (χ0) is 17.9. The lowest BCUT2D eigenvalue weighted by atomic mass is 10.1. The lowest BCUT2D eigenvalue weighted by Crippen LogP contribution is -2.14. The summed E-state index contributed by atoms with van der Waals surface area (Å²) in [5, 5.41) is 3.31. The molecular formula is C21H14FN3O. The molecule has 0 radical (unpaired) electrons. The van der Waals surface area contributed by atoms with Crippen molar-refractivity contribution in [1.82, 2.24) is 9.97 Å². The molecule has 26 heavy (non-hydrogen) atoms. The second kappa shape index (κ2) is 6.72. The molecular weight excluding hydrogens is 329 g/mol. The Hall–Kier alpha value is -3.60. The van der Waals surface area contributed by atoms with Crippen molar-refractivity contribution in [3.05, 3.63) is 90.2 Å². The number of nitrogens with one attached hydrogen (secondary N) is 1. The maximum Gasteiger partial charge on any atom is 0.258 e. The van der Waals surface area contributed by atoms with E-state index in [4.69, 9.17) is 0 Å². The predicted octanol–water partition coefficient (Wildman–Crippen LogP) is 4.69. The largest absolute Gasteiger partial charge is 0.290 e. The fraction of sp³-hybridized carbons (Fsp3) is 0. The van der Waals surface area contributed by atoms with Crippen molar-refractivity contribution in [3.8, 4) is 11.3 Å². The van der Waals surface area contributed by atoms with Crippen molar-refractivity contribution in [2.75, 3.05) is 5.32 Å². The number of hydrogen-bond donors (Lipinski definition) is 1. The molecule has 0 atom stereocenters. The molecule has 5 heteroatoms. The van der Waals surface area contributed by atoms with E-state index in [0.717, 1.165) is 5.56 Å². The van der Waals surface area contributed by atoms with Crippen LogP contribution in [0.1, 0.15) is 10.4 Å². The first-order valence-electron chi connectivity index (χ1n) is 8.10. The monoisotopic (exact) mass is 343 g/mol. The summed E-state index contributed by atoms with van der Waals surface area (Å²) in [6.45, 7) is 0. The van der Waals surface area contributed by atoms with Gasteiger partial charge in [-0.1, -0.05) is 48.5 Å². The first-order chi connectivity index (χ1) is 12.7. The van der Waals surface area contributed by atoms with Gasteiger partial charge in [0.2, 0.25) is 5.95 Å². The Labute approximate surface area is 149 Å². The van der Waals surface area contributed by atoms with Crippen LogP contribution in [0.3, 0.4) is 0 Å². The van der Waals surface area contributed by atoms with Crippen molar-refractivity contribution >= 4 is 22.8 Å². The minimum Gasteiger partial charge on any atom is -0.290 e. The van der Waals surface area contributed by atoms with Gasteiger partial charge in [-0.2, -0.15) is 0 Å². The van der Waals surface area contributed by atoms with Gasteiger partial charge in [-0.05, 0) is 30.3 Å². The number of carbonyl (C=O) groups is 1. The first-order valence-corrected chi connectivity index (χ1v) is 8.10. The summed E-state index contributed by atoms with van der Waals surface area (Å²) in [4.78, 5) is 21.2. The van der Waals surface area contributed by atoms with Gasteiger partial charge in [0.25, 0.3) is 5.91 Å². The molecule has 0 saturated heterocycles. The maximum atomic E-state index is 13.7. The topological polar surface area (TPSA) is 54.9 Å². The molecule has 4 nitrogen and oxygen atoms in total. The fourth-order valence-electron chi connectivity index (χ4n) is 2.74. The molecule has 0 aliphatic carbocycles. The molecule has 0 fully saturated rings. The Kier molecular flexibility index (Phi) is 4.11. The molecule has 0 bridgehead atoms. The summed E-state index contributed by atoms with van der Waals surface area (Å²) in [5.41, 5.74) is 2.46. The lowest BCUT2D eigenvalue weighted by Gasteiger charge is -2.10. The Balaban J connectivity index is 1.81. The Morgan fingerprint density at radius 2 is 1.54 bits per heavy atom. The van der Waals surface area contributed by atoms with Crippen molar-refractivity contribution in [2.45, 2.75) is 0 Å². The van der Waals surface area contributed by atoms with Gasteiger partial charge in [0.05, 0.1) is 11.2 Å². The number of anilines is 1. The van der Waals surface area contributed by atoms with Crippen LogP contribution in [0, 0.1) is 5.82 Å². The molecule has 1 N–H and O–H groups in total. The van der Waals surface area contributed by atoms with Gasteiger partial charge in [-0.3, -0.25) is 10.1 Å². The van der Waals surface area contributed by atoms with E-state index in [0.29, 0.717) is 22.2 Å². The van der Waals surface area contributed by atoms with Gasteiger partial charge in [-0.25, -0.2) is 14.4 Å². The van der Waals surface area contributed by atoms with Crippen LogP contribution in [0.25, 0.3) is 22.2 Å². The van der Waals surface area contributed by atoms with Gasteiger partial charge in [0, 0.05) is 16.5 Å². The number of amides is 1. The second-order valence-electron chi connectivity index (χ2n) is 5.74. The van der Waals surface area contributed by atoms with Crippen LogP contribution in [0.15, 0.2) is 78.9 Å². The van der Waals surface area contributed by atoms with Crippen LogP contribution in [-0.2, 0) is 0 Å². The molecule has 0 aliphatic rings. The molecule has 4 aromatic rings. The lowest BCUT2D eigenvalue weighted by molar-refractivity contribution is 0.102. The van der Waals surface area contributed by atoms with Crippen molar-refractivity contribution in [1.29, 1.82) is 0 Å². The molecule has 126 valence electrons. The standard InChI is InChI=1S/C21H14FN3O/c22-16-11-12-18-17(13-16)19(14-7-3-1-4-8-14)24-21(23-18)25-20(26)15-9-5-2-6-10-15/h1-13H,(H,23,24,25,26). The van der Waals surface area contributed by atoms with E-state index >= 15 is 0 Å². The highest BCUT2D eigenvalue weighted by Crippen LogP contribution is 2.28. The average molecular weight is 343 g/mol. The third-order valence-electron chi connectivity index (χ3n) is 3.97. The van der Waals surface area contributed by atoms with E-state index in [-0.39, 0.29) is 17.7 Å².